The number of hydrogen-bond donors (Lipinski definition) is 2. The molecule has 0 aliphatic rings. The predicted octanol–water partition coefficient (Wildman–Crippen LogP) is 4.23. The van der Waals surface area contributed by atoms with E-state index in [2.05, 4.69) is 34.7 Å². The van der Waals surface area contributed by atoms with E-state index in [1.807, 2.05) is 12.1 Å². The Hall–Kier alpha value is -3.26. The summed E-state index contributed by atoms with van der Waals surface area (Å²) >= 11 is 0. The number of fused-ring (bicyclic) bond motifs is 2. The van der Waals surface area contributed by atoms with Crippen molar-refractivity contribution in [2.75, 3.05) is 0 Å². The van der Waals surface area contributed by atoms with Gasteiger partial charge in [-0.05, 0) is 31.0 Å². The summed E-state index contributed by atoms with van der Waals surface area (Å²) in [6.07, 6.45) is 0.893. The van der Waals surface area contributed by atoms with Gasteiger partial charge in [0.25, 0.3) is 5.69 Å². The summed E-state index contributed by atoms with van der Waals surface area (Å²) in [6.45, 7) is 4.90. The fourth-order valence-electron chi connectivity index (χ4n) is 3.28. The molecule has 0 aliphatic heterocycles. The summed E-state index contributed by atoms with van der Waals surface area (Å²) in [4.78, 5) is 15.6. The molecule has 0 saturated heterocycles. The van der Waals surface area contributed by atoms with Crippen LogP contribution in [0.4, 0.5) is 5.69 Å². The molecule has 8 heteroatoms. The van der Waals surface area contributed by atoms with E-state index in [9.17, 15) is 10.1 Å². The van der Waals surface area contributed by atoms with Gasteiger partial charge < -0.3 is 10.7 Å². The number of para-hydroxylation sites is 1. The summed E-state index contributed by atoms with van der Waals surface area (Å²) in [5, 5.41) is 19.2. The third-order valence-electron chi connectivity index (χ3n) is 4.53. The fourth-order valence-corrected chi connectivity index (χ4v) is 3.28. The number of hydrogen-bond acceptors (Lipinski definition) is 5. The first-order valence-electron chi connectivity index (χ1n) is 8.25. The summed E-state index contributed by atoms with van der Waals surface area (Å²) in [5.41, 5.74) is 4.63. The second kappa shape index (κ2) is 6.57. The Kier molecular flexibility index (Phi) is 4.43. The Morgan fingerprint density at radius 2 is 2.04 bits per heavy atom. The molecule has 0 unspecified atom stereocenters. The Labute approximate surface area is 149 Å². The van der Waals surface area contributed by atoms with Crippen molar-refractivity contribution < 1.29 is 4.92 Å². The van der Waals surface area contributed by atoms with Gasteiger partial charge in [-0.2, -0.15) is 5.10 Å². The Morgan fingerprint density at radius 3 is 2.73 bits per heavy atom. The number of benzene rings is 2. The number of rotatable bonds is 4. The zero-order valence-electron chi connectivity index (χ0n) is 14.7. The number of aromatic nitrogens is 4. The molecule has 0 fully saturated rings. The van der Waals surface area contributed by atoms with Crippen LogP contribution in [0.15, 0.2) is 36.4 Å². The molecule has 134 valence electrons. The lowest BCUT2D eigenvalue weighted by Gasteiger charge is -2.04. The lowest BCUT2D eigenvalue weighted by atomic mass is 10.1. The highest BCUT2D eigenvalue weighted by Gasteiger charge is 2.19. The molecule has 4 rings (SSSR count). The highest BCUT2D eigenvalue weighted by Crippen LogP contribution is 2.32. The topological polar surface area (TPSA) is 125 Å². The second-order valence-electron chi connectivity index (χ2n) is 5.88. The first-order valence-corrected chi connectivity index (χ1v) is 8.25. The first kappa shape index (κ1) is 17.6. The van der Waals surface area contributed by atoms with E-state index in [1.165, 1.54) is 11.6 Å². The molecule has 4 aromatic rings. The number of H-pyrrole nitrogens is 1. The number of nitro benzene ring substituents is 1. The highest BCUT2D eigenvalue weighted by molar-refractivity contribution is 5.95. The molecule has 0 spiro atoms. The van der Waals surface area contributed by atoms with Crippen molar-refractivity contribution in [1.82, 2.24) is 25.9 Å². The molecule has 2 aromatic carbocycles. The number of nitrogens with one attached hydrogen (secondary N) is 1. The third-order valence-corrected chi connectivity index (χ3v) is 4.53. The molecule has 0 saturated carbocycles. The van der Waals surface area contributed by atoms with Gasteiger partial charge in [0.2, 0.25) is 0 Å². The molecular formula is C18H20N6O2. The summed E-state index contributed by atoms with van der Waals surface area (Å²) in [5.74, 6) is 0.727. The van der Waals surface area contributed by atoms with Crippen molar-refractivity contribution in [3.63, 3.8) is 0 Å². The zero-order chi connectivity index (χ0) is 17.6. The Morgan fingerprint density at radius 1 is 1.23 bits per heavy atom. The number of nitrogens with zero attached hydrogens (tertiary/aromatic N) is 4. The van der Waals surface area contributed by atoms with E-state index in [1.54, 1.807) is 12.1 Å². The van der Waals surface area contributed by atoms with Gasteiger partial charge in [-0.15, -0.1) is 0 Å². The van der Waals surface area contributed by atoms with Crippen LogP contribution < -0.4 is 6.15 Å². The summed E-state index contributed by atoms with van der Waals surface area (Å²) < 4.78 is 2.10. The van der Waals surface area contributed by atoms with Crippen LogP contribution in [0.2, 0.25) is 0 Å². The molecule has 4 N–H and O–H groups in total. The van der Waals surface area contributed by atoms with Crippen LogP contribution in [0.25, 0.3) is 33.5 Å². The summed E-state index contributed by atoms with van der Waals surface area (Å²) in [6, 6.07) is 10.9. The van der Waals surface area contributed by atoms with Crippen molar-refractivity contribution in [3.8, 4) is 11.5 Å². The zero-order valence-corrected chi connectivity index (χ0v) is 14.7. The first-order chi connectivity index (χ1) is 12.1. The van der Waals surface area contributed by atoms with Crippen molar-refractivity contribution >= 4 is 27.6 Å². The smallest absolute Gasteiger partial charge is 0.270 e. The van der Waals surface area contributed by atoms with E-state index in [0.29, 0.717) is 11.1 Å². The van der Waals surface area contributed by atoms with Gasteiger partial charge in [-0.1, -0.05) is 19.1 Å². The monoisotopic (exact) mass is 352 g/mol. The van der Waals surface area contributed by atoms with Gasteiger partial charge in [-0.3, -0.25) is 15.2 Å². The van der Waals surface area contributed by atoms with Crippen molar-refractivity contribution in [2.24, 2.45) is 0 Å². The molecular weight excluding hydrogens is 332 g/mol. The van der Waals surface area contributed by atoms with Crippen molar-refractivity contribution in [1.29, 1.82) is 0 Å². The van der Waals surface area contributed by atoms with E-state index < -0.39 is 4.92 Å². The molecule has 0 atom stereocenters. The molecule has 0 aliphatic carbocycles. The van der Waals surface area contributed by atoms with Crippen molar-refractivity contribution in [2.45, 2.75) is 26.8 Å². The van der Waals surface area contributed by atoms with Crippen LogP contribution in [0.1, 0.15) is 19.4 Å². The van der Waals surface area contributed by atoms with E-state index >= 15 is 0 Å². The molecule has 8 nitrogen and oxygen atoms in total. The maximum atomic E-state index is 11.1. The minimum absolute atomic E-state index is 0. The SMILES string of the molecule is CCc1cccc2c1nc(-c1n[nH]c3ccc([N+](=O)[O-])cc13)n2CC.N. The number of nitro groups is 1. The molecule has 26 heavy (non-hydrogen) atoms. The number of imidazole rings is 1. The molecule has 0 bridgehead atoms. The Bertz CT molecular complexity index is 1110. The quantitative estimate of drug-likeness (QED) is 0.420. The largest absolute Gasteiger partial charge is 0.344 e. The van der Waals surface area contributed by atoms with Crippen LogP contribution >= 0.6 is 0 Å². The van der Waals surface area contributed by atoms with E-state index in [-0.39, 0.29) is 11.8 Å². The van der Waals surface area contributed by atoms with Crippen LogP contribution in [-0.2, 0) is 13.0 Å². The minimum atomic E-state index is -0.395. The van der Waals surface area contributed by atoms with Crippen LogP contribution in [-0.4, -0.2) is 24.7 Å². The van der Waals surface area contributed by atoms with Crippen LogP contribution in [0.5, 0.6) is 0 Å². The lowest BCUT2D eigenvalue weighted by molar-refractivity contribution is -0.384. The number of aromatic amines is 1. The van der Waals surface area contributed by atoms with Crippen LogP contribution in [0, 0.1) is 10.1 Å². The molecule has 0 amide bonds. The lowest BCUT2D eigenvalue weighted by Crippen LogP contribution is -1.98. The van der Waals surface area contributed by atoms with Gasteiger partial charge in [0, 0.05) is 24.1 Å². The maximum Gasteiger partial charge on any atom is 0.270 e. The van der Waals surface area contributed by atoms with Gasteiger partial charge in [0.1, 0.15) is 5.69 Å². The van der Waals surface area contributed by atoms with E-state index in [0.717, 1.165) is 35.3 Å². The van der Waals surface area contributed by atoms with Gasteiger partial charge in [-0.25, -0.2) is 4.98 Å². The molecule has 0 radical (unpaired) electrons. The molecule has 2 aromatic heterocycles. The van der Waals surface area contributed by atoms with Gasteiger partial charge in [0.05, 0.1) is 21.5 Å². The summed E-state index contributed by atoms with van der Waals surface area (Å²) in [7, 11) is 0. The van der Waals surface area contributed by atoms with Crippen molar-refractivity contribution in [3.05, 3.63) is 52.1 Å². The maximum absolute atomic E-state index is 11.1. The normalized spacial score (nSPS) is 11.0. The van der Waals surface area contributed by atoms with E-state index in [4.69, 9.17) is 4.98 Å². The number of aryl methyl sites for hydroxylation is 2. The molecule has 2 heterocycles. The minimum Gasteiger partial charge on any atom is -0.344 e. The third kappa shape index (κ3) is 2.51. The number of non-ortho nitro benzene ring substituents is 1. The fraction of sp³-hybridized carbons (Fsp3) is 0.222. The second-order valence-corrected chi connectivity index (χ2v) is 5.88. The average Bonchev–Trinajstić information content (AvgIpc) is 3.21. The Balaban J connectivity index is 0.00000196. The average molecular weight is 352 g/mol. The van der Waals surface area contributed by atoms with Gasteiger partial charge in [0.15, 0.2) is 5.82 Å². The van der Waals surface area contributed by atoms with Gasteiger partial charge >= 0.3 is 0 Å². The standard InChI is InChI=1S/C18H17N5O2.H3N/c1-3-11-6-5-7-15-16(11)19-18(22(15)4-2)17-13-10-12(23(24)25)8-9-14(13)20-21-17;/h5-10H,3-4H2,1-2H3,(H,20,21);1H3. The van der Waals surface area contributed by atoms with Crippen LogP contribution in [0.3, 0.4) is 0 Å². The highest BCUT2D eigenvalue weighted by atomic mass is 16.6. The predicted molar refractivity (Wildman–Crippen MR) is 102 cm³/mol.